The van der Waals surface area contributed by atoms with E-state index in [0.29, 0.717) is 49.0 Å². The van der Waals surface area contributed by atoms with Crippen molar-refractivity contribution in [3.8, 4) is 11.4 Å². The van der Waals surface area contributed by atoms with Crippen molar-refractivity contribution >= 4 is 28.2 Å². The Kier molecular flexibility index (Phi) is 8.71. The van der Waals surface area contributed by atoms with Gasteiger partial charge in [0.15, 0.2) is 11.6 Å². The lowest BCUT2D eigenvalue weighted by molar-refractivity contribution is 0.181. The molecule has 0 unspecified atom stereocenters. The van der Waals surface area contributed by atoms with E-state index >= 15 is 0 Å². The van der Waals surface area contributed by atoms with Crippen LogP contribution in [0.25, 0.3) is 22.4 Å². The van der Waals surface area contributed by atoms with E-state index in [9.17, 15) is 10.2 Å². The zero-order chi connectivity index (χ0) is 27.7. The topological polar surface area (TPSA) is 155 Å². The van der Waals surface area contributed by atoms with E-state index < -0.39 is 0 Å². The van der Waals surface area contributed by atoms with E-state index in [-0.39, 0.29) is 13.2 Å². The van der Waals surface area contributed by atoms with Crippen molar-refractivity contribution in [3.05, 3.63) is 83.8 Å². The van der Waals surface area contributed by atoms with Crippen LogP contribution in [0.5, 0.6) is 0 Å². The smallest absolute Gasteiger partial charge is 0.162 e. The number of hydrogen-bond acceptors (Lipinski definition) is 11. The van der Waals surface area contributed by atoms with Gasteiger partial charge in [-0.1, -0.05) is 17.3 Å². The molecule has 5 aromatic rings. The average molecular weight is 542 g/mol. The van der Waals surface area contributed by atoms with Crippen LogP contribution in [-0.4, -0.2) is 67.1 Å². The maximum absolute atomic E-state index is 9.36. The quantitative estimate of drug-likeness (QED) is 0.140. The van der Waals surface area contributed by atoms with Crippen LogP contribution in [0.1, 0.15) is 16.8 Å². The number of nitrogens with one attached hydrogen (secondary N) is 3. The van der Waals surface area contributed by atoms with Crippen molar-refractivity contribution in [1.29, 1.82) is 0 Å². The summed E-state index contributed by atoms with van der Waals surface area (Å²) < 4.78 is 6.85. The second-order valence-corrected chi connectivity index (χ2v) is 9.06. The van der Waals surface area contributed by atoms with E-state index in [1.807, 2.05) is 60.8 Å². The van der Waals surface area contributed by atoms with E-state index in [4.69, 9.17) is 14.7 Å². The van der Waals surface area contributed by atoms with Gasteiger partial charge in [-0.15, -0.1) is 5.10 Å². The SMILES string of the molecule is COCc1cn(Cc2cnc3c(NCCO)nc(-c4ccc(NCNc5ccc(CO)cc5)cc4)nc3c2)nn1. The summed E-state index contributed by atoms with van der Waals surface area (Å²) in [7, 11) is 1.62. The molecule has 5 rings (SSSR count). The number of methoxy groups -OCH3 is 1. The number of pyridine rings is 1. The number of fused-ring (bicyclic) bond motifs is 1. The summed E-state index contributed by atoms with van der Waals surface area (Å²) in [6, 6.07) is 17.4. The van der Waals surface area contributed by atoms with Gasteiger partial charge < -0.3 is 30.9 Å². The van der Waals surface area contributed by atoms with Crippen LogP contribution in [0, 0.1) is 0 Å². The Morgan fingerprint density at radius 1 is 0.900 bits per heavy atom. The first kappa shape index (κ1) is 26.9. The first-order chi connectivity index (χ1) is 19.6. The molecule has 12 nitrogen and oxygen atoms in total. The molecule has 206 valence electrons. The number of aliphatic hydroxyl groups is 2. The molecule has 0 aliphatic carbocycles. The zero-order valence-corrected chi connectivity index (χ0v) is 22.1. The lowest BCUT2D eigenvalue weighted by Gasteiger charge is -2.12. The minimum atomic E-state index is -0.0327. The molecule has 0 saturated carbocycles. The summed E-state index contributed by atoms with van der Waals surface area (Å²) in [6.07, 6.45) is 3.61. The van der Waals surface area contributed by atoms with Gasteiger partial charge >= 0.3 is 0 Å². The van der Waals surface area contributed by atoms with Crippen LogP contribution in [0.15, 0.2) is 67.0 Å². The molecule has 0 radical (unpaired) electrons. The molecule has 0 fully saturated rings. The first-order valence-corrected chi connectivity index (χ1v) is 12.8. The molecule has 5 N–H and O–H groups in total. The van der Waals surface area contributed by atoms with Crippen molar-refractivity contribution in [2.75, 3.05) is 42.9 Å². The third-order valence-corrected chi connectivity index (χ3v) is 6.08. The number of aliphatic hydroxyl groups excluding tert-OH is 2. The van der Waals surface area contributed by atoms with Gasteiger partial charge in [-0.25, -0.2) is 14.6 Å². The first-order valence-electron chi connectivity index (χ1n) is 12.8. The van der Waals surface area contributed by atoms with Gasteiger partial charge in [-0.2, -0.15) is 0 Å². The maximum Gasteiger partial charge on any atom is 0.162 e. The van der Waals surface area contributed by atoms with Crippen molar-refractivity contribution < 1.29 is 14.9 Å². The largest absolute Gasteiger partial charge is 0.395 e. The zero-order valence-electron chi connectivity index (χ0n) is 22.1. The van der Waals surface area contributed by atoms with Gasteiger partial charge in [0.25, 0.3) is 0 Å². The Labute approximate surface area is 231 Å². The Morgan fingerprint density at radius 2 is 1.65 bits per heavy atom. The van der Waals surface area contributed by atoms with Crippen LogP contribution in [0.4, 0.5) is 17.2 Å². The normalized spacial score (nSPS) is 11.1. The summed E-state index contributed by atoms with van der Waals surface area (Å²) >= 11 is 0. The average Bonchev–Trinajstić information content (AvgIpc) is 3.43. The minimum absolute atomic E-state index is 0.0293. The number of nitrogens with zero attached hydrogens (tertiary/aromatic N) is 6. The summed E-state index contributed by atoms with van der Waals surface area (Å²) in [5, 5.41) is 36.6. The summed E-state index contributed by atoms with van der Waals surface area (Å²) in [4.78, 5) is 14.1. The third-order valence-electron chi connectivity index (χ3n) is 6.08. The molecular weight excluding hydrogens is 510 g/mol. The predicted octanol–water partition coefficient (Wildman–Crippen LogP) is 2.86. The van der Waals surface area contributed by atoms with E-state index in [1.165, 1.54) is 0 Å². The Bertz CT molecular complexity index is 1540. The number of hydrogen-bond donors (Lipinski definition) is 5. The molecule has 0 bridgehead atoms. The van der Waals surface area contributed by atoms with Gasteiger partial charge in [0.05, 0.1) is 44.7 Å². The standard InChI is InChI=1S/C28H31N9O3/c1-40-17-24-15-37(36-35-24)14-20-12-25-26(30-13-20)28(29-10-11-38)34-27(33-25)21-4-8-23(9-5-21)32-18-31-22-6-2-19(16-39)3-7-22/h2-9,12-13,15,31-32,38-39H,10-11,14,16-18H2,1H3,(H,29,33,34). The van der Waals surface area contributed by atoms with E-state index in [1.54, 1.807) is 18.0 Å². The van der Waals surface area contributed by atoms with Gasteiger partial charge in [-0.05, 0) is 53.6 Å². The fourth-order valence-corrected chi connectivity index (χ4v) is 4.10. The van der Waals surface area contributed by atoms with Gasteiger partial charge in [0.2, 0.25) is 0 Å². The molecular formula is C28H31N9O3. The Morgan fingerprint density at radius 3 is 2.35 bits per heavy atom. The number of aromatic nitrogens is 6. The van der Waals surface area contributed by atoms with Crippen molar-refractivity contribution in [1.82, 2.24) is 29.9 Å². The highest BCUT2D eigenvalue weighted by Gasteiger charge is 2.12. The van der Waals surface area contributed by atoms with E-state index in [0.717, 1.165) is 33.8 Å². The lowest BCUT2D eigenvalue weighted by atomic mass is 10.1. The number of rotatable bonds is 13. The predicted molar refractivity (Wildman–Crippen MR) is 153 cm³/mol. The maximum atomic E-state index is 9.36. The molecule has 40 heavy (non-hydrogen) atoms. The van der Waals surface area contributed by atoms with Gasteiger partial charge in [0.1, 0.15) is 11.2 Å². The third kappa shape index (κ3) is 6.67. The minimum Gasteiger partial charge on any atom is -0.395 e. The second kappa shape index (κ2) is 12.9. The Balaban J connectivity index is 1.32. The monoisotopic (exact) mass is 541 g/mol. The van der Waals surface area contributed by atoms with Crippen molar-refractivity contribution in [2.45, 2.75) is 19.8 Å². The van der Waals surface area contributed by atoms with Crippen LogP contribution >= 0.6 is 0 Å². The summed E-state index contributed by atoms with van der Waals surface area (Å²) in [6.45, 7) is 1.76. The van der Waals surface area contributed by atoms with Crippen molar-refractivity contribution in [3.63, 3.8) is 0 Å². The summed E-state index contributed by atoms with van der Waals surface area (Å²) in [5.41, 5.74) is 6.58. The highest BCUT2D eigenvalue weighted by Crippen LogP contribution is 2.25. The van der Waals surface area contributed by atoms with Gasteiger partial charge in [0, 0.05) is 36.8 Å². The van der Waals surface area contributed by atoms with Crippen LogP contribution in [-0.2, 0) is 24.5 Å². The van der Waals surface area contributed by atoms with Crippen LogP contribution in [0.3, 0.4) is 0 Å². The molecule has 0 saturated heterocycles. The number of anilines is 3. The van der Waals surface area contributed by atoms with Crippen LogP contribution in [0.2, 0.25) is 0 Å². The highest BCUT2D eigenvalue weighted by molar-refractivity contribution is 5.87. The molecule has 0 aliphatic heterocycles. The molecule has 0 atom stereocenters. The van der Waals surface area contributed by atoms with Gasteiger partial charge in [-0.3, -0.25) is 4.98 Å². The molecule has 2 aromatic carbocycles. The van der Waals surface area contributed by atoms with Crippen molar-refractivity contribution in [2.24, 2.45) is 0 Å². The second-order valence-electron chi connectivity index (χ2n) is 9.06. The molecule has 12 heteroatoms. The fourth-order valence-electron chi connectivity index (χ4n) is 4.10. The molecule has 0 amide bonds. The summed E-state index contributed by atoms with van der Waals surface area (Å²) in [5.74, 6) is 1.10. The van der Waals surface area contributed by atoms with E-state index in [2.05, 4.69) is 31.2 Å². The highest BCUT2D eigenvalue weighted by atomic mass is 16.5. The molecule has 0 spiro atoms. The number of ether oxygens (including phenoxy) is 1. The molecule has 0 aliphatic rings. The molecule has 3 aromatic heterocycles. The lowest BCUT2D eigenvalue weighted by Crippen LogP contribution is -2.11. The number of benzene rings is 2. The van der Waals surface area contributed by atoms with Crippen LogP contribution < -0.4 is 16.0 Å². The fraction of sp³-hybridized carbons (Fsp3) is 0.250. The molecule has 3 heterocycles. The Hall–Kier alpha value is -4.65.